The van der Waals surface area contributed by atoms with Crippen molar-refractivity contribution in [3.63, 3.8) is 0 Å². The lowest BCUT2D eigenvalue weighted by atomic mass is 9.96. The van der Waals surface area contributed by atoms with Gasteiger partial charge >= 0.3 is 5.97 Å². The number of pyridine rings is 2. The van der Waals surface area contributed by atoms with Crippen LogP contribution in [0.1, 0.15) is 35.2 Å². The van der Waals surface area contributed by atoms with E-state index >= 15 is 0 Å². The van der Waals surface area contributed by atoms with Crippen LogP contribution < -0.4 is 10.2 Å². The minimum Gasteiger partial charge on any atom is -0.481 e. The number of nitrogens with one attached hydrogen (secondary N) is 1. The molecular formula is C21H23N5O4. The second-order valence-electron chi connectivity index (χ2n) is 7.94. The lowest BCUT2D eigenvalue weighted by Crippen LogP contribution is -2.60. The van der Waals surface area contributed by atoms with Gasteiger partial charge in [-0.15, -0.1) is 0 Å². The van der Waals surface area contributed by atoms with Gasteiger partial charge in [-0.05, 0) is 26.0 Å². The Labute approximate surface area is 173 Å². The molecule has 4 heterocycles. The number of fused-ring (bicyclic) bond motifs is 1. The van der Waals surface area contributed by atoms with E-state index in [1.807, 2.05) is 24.0 Å². The maximum atomic E-state index is 12.8. The summed E-state index contributed by atoms with van der Waals surface area (Å²) in [5.41, 5.74) is 2.87. The highest BCUT2D eigenvalue weighted by molar-refractivity contribution is 6.05. The third-order valence-corrected chi connectivity index (χ3v) is 4.99. The molecular weight excluding hydrogens is 386 g/mol. The Morgan fingerprint density at radius 1 is 1.23 bits per heavy atom. The van der Waals surface area contributed by atoms with Gasteiger partial charge < -0.3 is 24.8 Å². The van der Waals surface area contributed by atoms with Gasteiger partial charge in [-0.25, -0.2) is 9.97 Å². The van der Waals surface area contributed by atoms with E-state index in [0.29, 0.717) is 42.2 Å². The van der Waals surface area contributed by atoms with E-state index in [1.54, 1.807) is 35.9 Å². The van der Waals surface area contributed by atoms with Crippen molar-refractivity contribution in [1.29, 1.82) is 0 Å². The van der Waals surface area contributed by atoms with Gasteiger partial charge in [-0.3, -0.25) is 9.59 Å². The van der Waals surface area contributed by atoms with Crippen molar-refractivity contribution in [2.45, 2.75) is 32.3 Å². The molecule has 0 bridgehead atoms. The molecule has 30 heavy (non-hydrogen) atoms. The Balaban J connectivity index is 1.68. The van der Waals surface area contributed by atoms with Gasteiger partial charge in [0.25, 0.3) is 5.91 Å². The molecule has 1 fully saturated rings. The van der Waals surface area contributed by atoms with E-state index < -0.39 is 11.6 Å². The van der Waals surface area contributed by atoms with Crippen LogP contribution >= 0.6 is 0 Å². The summed E-state index contributed by atoms with van der Waals surface area (Å²) in [4.78, 5) is 34.3. The first-order valence-corrected chi connectivity index (χ1v) is 9.66. The highest BCUT2D eigenvalue weighted by Crippen LogP contribution is 2.34. The molecule has 3 aromatic rings. The first-order valence-electron chi connectivity index (χ1n) is 9.66. The fraction of sp³-hybridized carbons (Fsp3) is 0.333. The zero-order valence-electron chi connectivity index (χ0n) is 16.8. The number of hydrogen-bond donors (Lipinski definition) is 3. The summed E-state index contributed by atoms with van der Waals surface area (Å²) in [5.74, 6) is -1.22. The number of hydrogen-bond acceptors (Lipinski definition) is 6. The van der Waals surface area contributed by atoms with Crippen molar-refractivity contribution in [3.8, 4) is 0 Å². The molecule has 0 aromatic carbocycles. The molecule has 0 radical (unpaired) electrons. The molecule has 1 aliphatic rings. The van der Waals surface area contributed by atoms with E-state index in [0.717, 1.165) is 11.4 Å². The number of aliphatic carboxylic acids is 1. The Morgan fingerprint density at radius 2 is 2.00 bits per heavy atom. The normalized spacial score (nSPS) is 15.1. The second kappa shape index (κ2) is 7.42. The number of β-amino-alcohol motifs (C(OH)–C–C–N with tert-alkyl or cyclic N) is 1. The molecule has 0 atom stereocenters. The van der Waals surface area contributed by atoms with Crippen LogP contribution in [0.25, 0.3) is 5.65 Å². The standard InChI is InChI=1S/C21H23N5O4/c1-13-4-3-5-15(22-13)20(29)24-16-10-25-9-14(6-7-19(27)28)23-18(25)8-17(16)26-11-21(2,30)12-26/h3-5,8-10,30H,6-7,11-12H2,1-2H3,(H,24,29)(H,27,28). The minimum absolute atomic E-state index is 0.00560. The molecule has 1 saturated heterocycles. The first-order chi connectivity index (χ1) is 14.2. The zero-order valence-corrected chi connectivity index (χ0v) is 16.8. The molecule has 0 unspecified atom stereocenters. The number of rotatable bonds is 6. The van der Waals surface area contributed by atoms with Gasteiger partial charge in [0.1, 0.15) is 11.3 Å². The van der Waals surface area contributed by atoms with Crippen molar-refractivity contribution in [3.05, 3.63) is 53.7 Å². The monoisotopic (exact) mass is 409 g/mol. The van der Waals surface area contributed by atoms with Gasteiger partial charge in [0, 0.05) is 43.7 Å². The Hall–Kier alpha value is -3.46. The average Bonchev–Trinajstić information content (AvgIpc) is 3.05. The van der Waals surface area contributed by atoms with Crippen molar-refractivity contribution >= 4 is 28.9 Å². The summed E-state index contributed by atoms with van der Waals surface area (Å²) >= 11 is 0. The number of carbonyl (C=O) groups excluding carboxylic acids is 1. The van der Waals surface area contributed by atoms with E-state index in [-0.39, 0.29) is 12.3 Å². The number of aliphatic hydroxyl groups is 1. The number of nitrogens with zero attached hydrogens (tertiary/aromatic N) is 4. The van der Waals surface area contributed by atoms with Crippen molar-refractivity contribution in [2.75, 3.05) is 23.3 Å². The van der Waals surface area contributed by atoms with E-state index in [4.69, 9.17) is 5.11 Å². The summed E-state index contributed by atoms with van der Waals surface area (Å²) in [5, 5.41) is 22.0. The predicted molar refractivity (Wildman–Crippen MR) is 111 cm³/mol. The first kappa shape index (κ1) is 19.8. The summed E-state index contributed by atoms with van der Waals surface area (Å²) in [6.45, 7) is 4.44. The Morgan fingerprint density at radius 3 is 2.67 bits per heavy atom. The smallest absolute Gasteiger partial charge is 0.303 e. The van der Waals surface area contributed by atoms with Crippen LogP contribution in [0.5, 0.6) is 0 Å². The van der Waals surface area contributed by atoms with Crippen LogP contribution in [-0.2, 0) is 11.2 Å². The van der Waals surface area contributed by atoms with Crippen LogP contribution in [-0.4, -0.2) is 55.1 Å². The molecule has 9 nitrogen and oxygen atoms in total. The van der Waals surface area contributed by atoms with Crippen LogP contribution in [0.4, 0.5) is 11.4 Å². The predicted octanol–water partition coefficient (Wildman–Crippen LogP) is 1.88. The third kappa shape index (κ3) is 4.11. The van der Waals surface area contributed by atoms with Gasteiger partial charge in [-0.1, -0.05) is 6.07 Å². The molecule has 3 N–H and O–H groups in total. The van der Waals surface area contributed by atoms with Crippen molar-refractivity contribution in [2.24, 2.45) is 0 Å². The molecule has 4 rings (SSSR count). The summed E-state index contributed by atoms with van der Waals surface area (Å²) in [7, 11) is 0. The fourth-order valence-corrected chi connectivity index (χ4v) is 3.59. The largest absolute Gasteiger partial charge is 0.481 e. The number of carbonyl (C=O) groups is 2. The maximum Gasteiger partial charge on any atom is 0.303 e. The third-order valence-electron chi connectivity index (χ3n) is 4.99. The van der Waals surface area contributed by atoms with Crippen molar-refractivity contribution in [1.82, 2.24) is 14.4 Å². The molecule has 1 aliphatic heterocycles. The van der Waals surface area contributed by atoms with Gasteiger partial charge in [-0.2, -0.15) is 0 Å². The molecule has 3 aromatic heterocycles. The number of anilines is 2. The van der Waals surface area contributed by atoms with E-state index in [1.165, 1.54) is 0 Å². The van der Waals surface area contributed by atoms with Gasteiger partial charge in [0.15, 0.2) is 0 Å². The summed E-state index contributed by atoms with van der Waals surface area (Å²) in [6, 6.07) is 7.08. The molecule has 0 spiro atoms. The number of imidazole rings is 1. The molecule has 0 aliphatic carbocycles. The number of aryl methyl sites for hydroxylation is 2. The van der Waals surface area contributed by atoms with Gasteiger partial charge in [0.2, 0.25) is 0 Å². The lowest BCUT2D eigenvalue weighted by molar-refractivity contribution is -0.136. The molecule has 0 saturated carbocycles. The topological polar surface area (TPSA) is 120 Å². The van der Waals surface area contributed by atoms with Crippen LogP contribution in [0.3, 0.4) is 0 Å². The minimum atomic E-state index is -0.880. The number of amides is 1. The lowest BCUT2D eigenvalue weighted by Gasteiger charge is -2.46. The molecule has 156 valence electrons. The highest BCUT2D eigenvalue weighted by Gasteiger charge is 2.38. The maximum absolute atomic E-state index is 12.8. The average molecular weight is 409 g/mol. The Kier molecular flexibility index (Phi) is 4.90. The quantitative estimate of drug-likeness (QED) is 0.568. The SMILES string of the molecule is Cc1cccc(C(=O)Nc2cn3cc(CCC(=O)O)nc3cc2N2CC(C)(O)C2)n1. The molecule has 9 heteroatoms. The van der Waals surface area contributed by atoms with E-state index in [9.17, 15) is 14.7 Å². The number of carboxylic acid groups (broad SMARTS) is 1. The summed E-state index contributed by atoms with van der Waals surface area (Å²) < 4.78 is 1.76. The number of aromatic nitrogens is 3. The summed E-state index contributed by atoms with van der Waals surface area (Å²) in [6.07, 6.45) is 3.82. The Bertz CT molecular complexity index is 1130. The van der Waals surface area contributed by atoms with E-state index in [2.05, 4.69) is 15.3 Å². The van der Waals surface area contributed by atoms with Crippen LogP contribution in [0, 0.1) is 6.92 Å². The van der Waals surface area contributed by atoms with Crippen LogP contribution in [0.15, 0.2) is 36.7 Å². The fourth-order valence-electron chi connectivity index (χ4n) is 3.59. The van der Waals surface area contributed by atoms with Gasteiger partial charge in [0.05, 0.1) is 29.1 Å². The highest BCUT2D eigenvalue weighted by atomic mass is 16.4. The zero-order chi connectivity index (χ0) is 21.5. The number of carboxylic acids is 1. The van der Waals surface area contributed by atoms with Crippen LogP contribution in [0.2, 0.25) is 0 Å². The van der Waals surface area contributed by atoms with Crippen molar-refractivity contribution < 1.29 is 19.8 Å². The molecule has 1 amide bonds. The second-order valence-corrected chi connectivity index (χ2v) is 7.94.